The molecule has 0 spiro atoms. The van der Waals surface area contributed by atoms with E-state index in [9.17, 15) is 4.79 Å². The van der Waals surface area contributed by atoms with Crippen LogP contribution in [0.3, 0.4) is 0 Å². The van der Waals surface area contributed by atoms with Gasteiger partial charge in [-0.15, -0.1) is 0 Å². The third-order valence-electron chi connectivity index (χ3n) is 2.12. The molecule has 0 aromatic carbocycles. The van der Waals surface area contributed by atoms with Crippen LogP contribution >= 0.6 is 11.8 Å². The van der Waals surface area contributed by atoms with E-state index in [1.807, 2.05) is 13.1 Å². The molecule has 0 unspecified atom stereocenters. The summed E-state index contributed by atoms with van der Waals surface area (Å²) < 4.78 is 4.88. The van der Waals surface area contributed by atoms with Crippen molar-refractivity contribution in [1.29, 1.82) is 0 Å². The summed E-state index contributed by atoms with van der Waals surface area (Å²) in [7, 11) is 1.82. The fraction of sp³-hybridized carbons (Fsp3) is 0.583. The van der Waals surface area contributed by atoms with Crippen LogP contribution < -0.4 is 5.32 Å². The fourth-order valence-electron chi connectivity index (χ4n) is 1.35. The van der Waals surface area contributed by atoms with Crippen molar-refractivity contribution >= 4 is 23.5 Å². The minimum atomic E-state index is -0.218. The third-order valence-corrected chi connectivity index (χ3v) is 3.01. The fourth-order valence-corrected chi connectivity index (χ4v) is 2.06. The molecule has 1 aromatic rings. The van der Waals surface area contributed by atoms with Gasteiger partial charge in [-0.2, -0.15) is 0 Å². The highest BCUT2D eigenvalue weighted by molar-refractivity contribution is 7.99. The first kappa shape index (κ1) is 14.8. The number of aromatic nitrogens is 2. The minimum absolute atomic E-state index is 0.218. The van der Waals surface area contributed by atoms with Crippen LogP contribution in [-0.4, -0.2) is 35.3 Å². The molecule has 0 aliphatic carbocycles. The largest absolute Gasteiger partial charge is 0.465 e. The lowest BCUT2D eigenvalue weighted by Gasteiger charge is -2.06. The minimum Gasteiger partial charge on any atom is -0.465 e. The van der Waals surface area contributed by atoms with Crippen LogP contribution in [0.5, 0.6) is 0 Å². The number of nitrogens with one attached hydrogen (secondary N) is 1. The molecule has 0 bridgehead atoms. The SMILES string of the molecule is CCCc1nc(NC)cc(SCC(=O)OCC)n1. The van der Waals surface area contributed by atoms with Crippen LogP contribution in [-0.2, 0) is 16.0 Å². The Hall–Kier alpha value is -1.30. The Bertz CT molecular complexity index is 399. The molecule has 100 valence electrons. The molecule has 6 heteroatoms. The van der Waals surface area contributed by atoms with Gasteiger partial charge >= 0.3 is 5.97 Å². The van der Waals surface area contributed by atoms with Crippen molar-refractivity contribution in [3.05, 3.63) is 11.9 Å². The summed E-state index contributed by atoms with van der Waals surface area (Å²) >= 11 is 1.37. The Morgan fingerprint density at radius 3 is 2.83 bits per heavy atom. The number of hydrogen-bond acceptors (Lipinski definition) is 6. The molecule has 1 rings (SSSR count). The number of aryl methyl sites for hydroxylation is 1. The quantitative estimate of drug-likeness (QED) is 0.465. The molecule has 18 heavy (non-hydrogen) atoms. The van der Waals surface area contributed by atoms with Crippen LogP contribution in [0.25, 0.3) is 0 Å². The van der Waals surface area contributed by atoms with Crippen LogP contribution in [0.2, 0.25) is 0 Å². The Labute approximate surface area is 112 Å². The molecule has 0 saturated carbocycles. The Morgan fingerprint density at radius 2 is 2.22 bits per heavy atom. The zero-order chi connectivity index (χ0) is 13.4. The van der Waals surface area contributed by atoms with E-state index in [0.717, 1.165) is 29.5 Å². The number of carbonyl (C=O) groups excluding carboxylic acids is 1. The first-order valence-electron chi connectivity index (χ1n) is 6.03. The van der Waals surface area contributed by atoms with Crippen molar-refractivity contribution in [1.82, 2.24) is 9.97 Å². The van der Waals surface area contributed by atoms with Crippen molar-refractivity contribution in [3.63, 3.8) is 0 Å². The second kappa shape index (κ2) is 7.92. The van der Waals surface area contributed by atoms with E-state index in [0.29, 0.717) is 6.61 Å². The van der Waals surface area contributed by atoms with Crippen molar-refractivity contribution in [2.24, 2.45) is 0 Å². The van der Waals surface area contributed by atoms with Gasteiger partial charge in [0.05, 0.1) is 12.4 Å². The van der Waals surface area contributed by atoms with Gasteiger partial charge in [0, 0.05) is 19.5 Å². The zero-order valence-corrected chi connectivity index (χ0v) is 11.8. The van der Waals surface area contributed by atoms with Crippen molar-refractivity contribution in [2.45, 2.75) is 31.7 Å². The number of rotatable bonds is 7. The molecule has 1 heterocycles. The first-order valence-corrected chi connectivity index (χ1v) is 7.02. The average Bonchev–Trinajstić information content (AvgIpc) is 2.37. The lowest BCUT2D eigenvalue weighted by molar-refractivity contribution is -0.139. The van der Waals surface area contributed by atoms with Crippen molar-refractivity contribution < 1.29 is 9.53 Å². The lowest BCUT2D eigenvalue weighted by Crippen LogP contribution is -2.07. The van der Waals surface area contributed by atoms with Gasteiger partial charge < -0.3 is 10.1 Å². The highest BCUT2D eigenvalue weighted by Gasteiger charge is 2.07. The molecule has 1 aromatic heterocycles. The topological polar surface area (TPSA) is 64.1 Å². The molecule has 0 aliphatic heterocycles. The van der Waals surface area contributed by atoms with E-state index in [2.05, 4.69) is 22.2 Å². The number of thioether (sulfide) groups is 1. The van der Waals surface area contributed by atoms with Crippen LogP contribution in [0.1, 0.15) is 26.1 Å². The summed E-state index contributed by atoms with van der Waals surface area (Å²) in [6, 6.07) is 1.84. The number of ether oxygens (including phenoxy) is 1. The summed E-state index contributed by atoms with van der Waals surface area (Å²) in [6.07, 6.45) is 1.83. The zero-order valence-electron chi connectivity index (χ0n) is 11.0. The third kappa shape index (κ3) is 4.91. The number of hydrogen-bond donors (Lipinski definition) is 1. The standard InChI is InChI=1S/C12H19N3O2S/c1-4-6-9-14-10(13-3)7-11(15-9)18-8-12(16)17-5-2/h7H,4-6,8H2,1-3H3,(H,13,14,15). The van der Waals surface area contributed by atoms with Crippen LogP contribution in [0.15, 0.2) is 11.1 Å². The van der Waals surface area contributed by atoms with Gasteiger partial charge in [-0.25, -0.2) is 9.97 Å². The summed E-state index contributed by atoms with van der Waals surface area (Å²) in [5.74, 6) is 1.64. The second-order valence-electron chi connectivity index (χ2n) is 3.60. The number of esters is 1. The summed E-state index contributed by atoms with van der Waals surface area (Å²) in [4.78, 5) is 20.0. The normalized spacial score (nSPS) is 10.2. The van der Waals surface area contributed by atoms with Gasteiger partial charge in [-0.05, 0) is 13.3 Å². The number of anilines is 1. The molecular formula is C12H19N3O2S. The molecule has 1 N–H and O–H groups in total. The van der Waals surface area contributed by atoms with Crippen molar-refractivity contribution in [2.75, 3.05) is 24.7 Å². The Morgan fingerprint density at radius 1 is 1.44 bits per heavy atom. The van der Waals surface area contributed by atoms with Gasteiger partial charge in [-0.1, -0.05) is 18.7 Å². The molecule has 0 aliphatic rings. The van der Waals surface area contributed by atoms with E-state index < -0.39 is 0 Å². The molecule has 0 saturated heterocycles. The van der Waals surface area contributed by atoms with E-state index >= 15 is 0 Å². The van der Waals surface area contributed by atoms with Crippen molar-refractivity contribution in [3.8, 4) is 0 Å². The number of nitrogens with zero attached hydrogens (tertiary/aromatic N) is 2. The molecule has 5 nitrogen and oxygen atoms in total. The van der Waals surface area contributed by atoms with Gasteiger partial charge in [0.25, 0.3) is 0 Å². The molecule has 0 atom stereocenters. The van der Waals surface area contributed by atoms with Gasteiger partial charge in [0.15, 0.2) is 0 Å². The second-order valence-corrected chi connectivity index (χ2v) is 4.60. The number of carbonyl (C=O) groups is 1. The van der Waals surface area contributed by atoms with Gasteiger partial charge in [0.2, 0.25) is 0 Å². The van der Waals surface area contributed by atoms with E-state index in [4.69, 9.17) is 4.74 Å². The molecule has 0 radical (unpaired) electrons. The lowest BCUT2D eigenvalue weighted by atomic mass is 10.3. The van der Waals surface area contributed by atoms with E-state index in [1.165, 1.54) is 11.8 Å². The predicted octanol–water partition coefficient (Wildman–Crippen LogP) is 2.13. The molecular weight excluding hydrogens is 250 g/mol. The Kier molecular flexibility index (Phi) is 6.49. The highest BCUT2D eigenvalue weighted by Crippen LogP contribution is 2.19. The summed E-state index contributed by atoms with van der Waals surface area (Å²) in [6.45, 7) is 4.29. The maximum atomic E-state index is 11.3. The van der Waals surface area contributed by atoms with Crippen LogP contribution in [0, 0.1) is 0 Å². The predicted molar refractivity (Wildman–Crippen MR) is 72.9 cm³/mol. The highest BCUT2D eigenvalue weighted by atomic mass is 32.2. The summed E-state index contributed by atoms with van der Waals surface area (Å²) in [5.41, 5.74) is 0. The maximum Gasteiger partial charge on any atom is 0.316 e. The molecule has 0 fully saturated rings. The maximum absolute atomic E-state index is 11.3. The Balaban J connectivity index is 2.68. The smallest absolute Gasteiger partial charge is 0.316 e. The first-order chi connectivity index (χ1) is 8.69. The monoisotopic (exact) mass is 269 g/mol. The average molecular weight is 269 g/mol. The van der Waals surface area contributed by atoms with Gasteiger partial charge in [0.1, 0.15) is 16.7 Å². The summed E-state index contributed by atoms with van der Waals surface area (Å²) in [5, 5.41) is 3.80. The van der Waals surface area contributed by atoms with Crippen LogP contribution in [0.4, 0.5) is 5.82 Å². The van der Waals surface area contributed by atoms with E-state index in [1.54, 1.807) is 6.92 Å². The van der Waals surface area contributed by atoms with E-state index in [-0.39, 0.29) is 11.7 Å². The molecule has 0 amide bonds. The van der Waals surface area contributed by atoms with Gasteiger partial charge in [-0.3, -0.25) is 4.79 Å².